The van der Waals surface area contributed by atoms with Gasteiger partial charge in [0, 0.05) is 62.9 Å². The van der Waals surface area contributed by atoms with Crippen molar-refractivity contribution < 1.29 is 0 Å². The van der Waals surface area contributed by atoms with Gasteiger partial charge in [-0.05, 0) is 25.3 Å². The lowest BCUT2D eigenvalue weighted by Crippen LogP contribution is -2.45. The SMILES string of the molecule is CN=C(NCc1cccnc1-n1ccnc1)NC1CCN(C2CCCC2)C1. The predicted molar refractivity (Wildman–Crippen MR) is 107 cm³/mol. The minimum absolute atomic E-state index is 0.471. The molecule has 27 heavy (non-hydrogen) atoms. The van der Waals surface area contributed by atoms with E-state index in [1.807, 2.05) is 30.1 Å². The van der Waals surface area contributed by atoms with Crippen LogP contribution in [0.25, 0.3) is 5.82 Å². The van der Waals surface area contributed by atoms with Gasteiger partial charge in [0.15, 0.2) is 5.96 Å². The number of hydrogen-bond donors (Lipinski definition) is 2. The molecule has 2 aliphatic rings. The number of aromatic nitrogens is 3. The van der Waals surface area contributed by atoms with Gasteiger partial charge in [-0.15, -0.1) is 0 Å². The molecule has 0 aromatic carbocycles. The summed E-state index contributed by atoms with van der Waals surface area (Å²) >= 11 is 0. The van der Waals surface area contributed by atoms with Crippen LogP contribution in [0.5, 0.6) is 0 Å². The molecule has 0 spiro atoms. The number of pyridine rings is 1. The van der Waals surface area contributed by atoms with Crippen molar-refractivity contribution in [2.75, 3.05) is 20.1 Å². The van der Waals surface area contributed by atoms with Gasteiger partial charge in [0.25, 0.3) is 0 Å². The van der Waals surface area contributed by atoms with Crippen molar-refractivity contribution in [2.45, 2.75) is 50.7 Å². The van der Waals surface area contributed by atoms with E-state index in [-0.39, 0.29) is 0 Å². The number of rotatable bonds is 5. The third-order valence-electron chi connectivity index (χ3n) is 5.69. The topological polar surface area (TPSA) is 70.4 Å². The number of hydrogen-bond acceptors (Lipinski definition) is 4. The summed E-state index contributed by atoms with van der Waals surface area (Å²) in [5.41, 5.74) is 1.11. The second-order valence-corrected chi connectivity index (χ2v) is 7.45. The first kappa shape index (κ1) is 18.0. The molecular weight excluding hydrogens is 338 g/mol. The number of aliphatic imine (C=N–C) groups is 1. The molecule has 0 radical (unpaired) electrons. The van der Waals surface area contributed by atoms with Crippen molar-refractivity contribution in [3.63, 3.8) is 0 Å². The zero-order valence-corrected chi connectivity index (χ0v) is 16.0. The highest BCUT2D eigenvalue weighted by Crippen LogP contribution is 2.26. The number of nitrogens with one attached hydrogen (secondary N) is 2. The molecular formula is C20H29N7. The van der Waals surface area contributed by atoms with Crippen LogP contribution in [0.2, 0.25) is 0 Å². The highest BCUT2D eigenvalue weighted by atomic mass is 15.3. The summed E-state index contributed by atoms with van der Waals surface area (Å²) in [5, 5.41) is 7.05. The van der Waals surface area contributed by atoms with Crippen molar-refractivity contribution in [1.29, 1.82) is 0 Å². The van der Waals surface area contributed by atoms with Crippen LogP contribution in [-0.4, -0.2) is 57.6 Å². The fourth-order valence-corrected chi connectivity index (χ4v) is 4.26. The molecule has 0 amide bonds. The Morgan fingerprint density at radius 3 is 2.93 bits per heavy atom. The minimum Gasteiger partial charge on any atom is -0.352 e. The summed E-state index contributed by atoms with van der Waals surface area (Å²) in [6, 6.07) is 5.32. The third-order valence-corrected chi connectivity index (χ3v) is 5.69. The molecule has 144 valence electrons. The average Bonchev–Trinajstić information content (AvgIpc) is 3.47. The van der Waals surface area contributed by atoms with Gasteiger partial charge in [0.1, 0.15) is 12.1 Å². The lowest BCUT2D eigenvalue weighted by atomic mass is 10.2. The normalized spacial score (nSPS) is 21.7. The van der Waals surface area contributed by atoms with Crippen LogP contribution in [0, 0.1) is 0 Å². The van der Waals surface area contributed by atoms with Crippen LogP contribution in [0.15, 0.2) is 42.0 Å². The Bertz CT molecular complexity index is 749. The van der Waals surface area contributed by atoms with Gasteiger partial charge in [-0.3, -0.25) is 14.5 Å². The third kappa shape index (κ3) is 4.30. The van der Waals surface area contributed by atoms with Crippen LogP contribution < -0.4 is 10.6 Å². The van der Waals surface area contributed by atoms with Gasteiger partial charge in [-0.1, -0.05) is 18.9 Å². The van der Waals surface area contributed by atoms with E-state index in [2.05, 4.69) is 36.6 Å². The van der Waals surface area contributed by atoms with Gasteiger partial charge >= 0.3 is 0 Å². The maximum absolute atomic E-state index is 4.50. The summed E-state index contributed by atoms with van der Waals surface area (Å²) in [4.78, 5) is 15.7. The molecule has 1 aliphatic carbocycles. The molecule has 1 atom stereocenters. The lowest BCUT2D eigenvalue weighted by Gasteiger charge is -2.24. The molecule has 1 saturated heterocycles. The number of imidazole rings is 1. The maximum Gasteiger partial charge on any atom is 0.191 e. The Morgan fingerprint density at radius 1 is 1.26 bits per heavy atom. The maximum atomic E-state index is 4.50. The van der Waals surface area contributed by atoms with Gasteiger partial charge in [0.2, 0.25) is 0 Å². The number of likely N-dealkylation sites (tertiary alicyclic amines) is 1. The molecule has 1 aliphatic heterocycles. The standard InChI is InChI=1S/C20H29N7/c1-21-20(25-17-8-11-26(14-17)18-6-2-3-7-18)24-13-16-5-4-9-23-19(16)27-12-10-22-15-27/h4-5,9-10,12,15,17-18H,2-3,6-8,11,13-14H2,1H3,(H2,21,24,25). The Labute approximate surface area is 160 Å². The van der Waals surface area contributed by atoms with Crippen molar-refractivity contribution >= 4 is 5.96 Å². The van der Waals surface area contributed by atoms with Crippen LogP contribution in [0.1, 0.15) is 37.7 Å². The molecule has 2 aromatic heterocycles. The van der Waals surface area contributed by atoms with Gasteiger partial charge in [-0.2, -0.15) is 0 Å². The number of nitrogens with zero attached hydrogens (tertiary/aromatic N) is 5. The average molecular weight is 368 g/mol. The molecule has 3 heterocycles. The van der Waals surface area contributed by atoms with E-state index in [4.69, 9.17) is 0 Å². The van der Waals surface area contributed by atoms with E-state index in [1.165, 1.54) is 38.6 Å². The molecule has 2 fully saturated rings. The highest BCUT2D eigenvalue weighted by molar-refractivity contribution is 5.80. The molecule has 2 aromatic rings. The van der Waals surface area contributed by atoms with Crippen LogP contribution in [0.3, 0.4) is 0 Å². The van der Waals surface area contributed by atoms with E-state index in [1.54, 1.807) is 12.5 Å². The first-order valence-electron chi connectivity index (χ1n) is 9.97. The lowest BCUT2D eigenvalue weighted by molar-refractivity contribution is 0.242. The molecule has 1 unspecified atom stereocenters. The second-order valence-electron chi connectivity index (χ2n) is 7.45. The van der Waals surface area contributed by atoms with Crippen molar-refractivity contribution in [3.8, 4) is 5.82 Å². The second kappa shape index (κ2) is 8.52. The fourth-order valence-electron chi connectivity index (χ4n) is 4.26. The fraction of sp³-hybridized carbons (Fsp3) is 0.550. The van der Waals surface area contributed by atoms with Crippen molar-refractivity contribution in [1.82, 2.24) is 30.1 Å². The first-order valence-corrected chi connectivity index (χ1v) is 9.97. The minimum atomic E-state index is 0.471. The monoisotopic (exact) mass is 367 g/mol. The van der Waals surface area contributed by atoms with Crippen molar-refractivity contribution in [3.05, 3.63) is 42.6 Å². The molecule has 7 nitrogen and oxygen atoms in total. The molecule has 7 heteroatoms. The smallest absolute Gasteiger partial charge is 0.191 e. The van der Waals surface area contributed by atoms with E-state index in [0.717, 1.165) is 29.9 Å². The summed E-state index contributed by atoms with van der Waals surface area (Å²) in [6.07, 6.45) is 14.0. The van der Waals surface area contributed by atoms with Gasteiger partial charge in [0.05, 0.1) is 0 Å². The van der Waals surface area contributed by atoms with E-state index < -0.39 is 0 Å². The van der Waals surface area contributed by atoms with E-state index in [9.17, 15) is 0 Å². The molecule has 2 N–H and O–H groups in total. The summed E-state index contributed by atoms with van der Waals surface area (Å²) in [7, 11) is 1.83. The largest absolute Gasteiger partial charge is 0.352 e. The van der Waals surface area contributed by atoms with Crippen molar-refractivity contribution in [2.24, 2.45) is 4.99 Å². The number of guanidine groups is 1. The predicted octanol–water partition coefficient (Wildman–Crippen LogP) is 1.95. The Morgan fingerprint density at radius 2 is 2.15 bits per heavy atom. The van der Waals surface area contributed by atoms with Crippen LogP contribution in [0.4, 0.5) is 0 Å². The summed E-state index contributed by atoms with van der Waals surface area (Å²) in [5.74, 6) is 1.75. The van der Waals surface area contributed by atoms with Crippen LogP contribution >= 0.6 is 0 Å². The quantitative estimate of drug-likeness (QED) is 0.624. The molecule has 1 saturated carbocycles. The summed E-state index contributed by atoms with van der Waals surface area (Å²) < 4.78 is 1.93. The van der Waals surface area contributed by atoms with Gasteiger partial charge in [-0.25, -0.2) is 9.97 Å². The van der Waals surface area contributed by atoms with Gasteiger partial charge < -0.3 is 10.6 Å². The van der Waals surface area contributed by atoms with E-state index >= 15 is 0 Å². The summed E-state index contributed by atoms with van der Waals surface area (Å²) in [6.45, 7) is 2.99. The van der Waals surface area contributed by atoms with Crippen LogP contribution in [-0.2, 0) is 6.54 Å². The molecule has 0 bridgehead atoms. The zero-order valence-electron chi connectivity index (χ0n) is 16.0. The Hall–Kier alpha value is -2.41. The zero-order chi connectivity index (χ0) is 18.5. The molecule has 4 rings (SSSR count). The van der Waals surface area contributed by atoms with E-state index in [0.29, 0.717) is 12.6 Å². The first-order chi connectivity index (χ1) is 13.3. The Kier molecular flexibility index (Phi) is 5.67. The Balaban J connectivity index is 1.33. The highest BCUT2D eigenvalue weighted by Gasteiger charge is 2.30.